The molecule has 0 aromatic heterocycles. The van der Waals surface area contributed by atoms with E-state index in [0.29, 0.717) is 11.5 Å². The highest BCUT2D eigenvalue weighted by atomic mass is 32.3. The maximum absolute atomic E-state index is 11.3. The van der Waals surface area contributed by atoms with E-state index < -0.39 is 10.8 Å². The molecule has 0 amide bonds. The zero-order chi connectivity index (χ0) is 21.1. The maximum atomic E-state index is 11.3. The second-order valence-electron chi connectivity index (χ2n) is 7.43. The van der Waals surface area contributed by atoms with Crippen LogP contribution in [0.2, 0.25) is 0 Å². The third-order valence-electron chi connectivity index (χ3n) is 5.57. The molecule has 1 heterocycles. The van der Waals surface area contributed by atoms with Crippen LogP contribution in [-0.4, -0.2) is 36.4 Å². The van der Waals surface area contributed by atoms with Crippen LogP contribution in [0.25, 0.3) is 11.1 Å². The predicted molar refractivity (Wildman–Crippen MR) is 124 cm³/mol. The minimum atomic E-state index is -3.20. The lowest BCUT2D eigenvalue weighted by Crippen LogP contribution is -2.25. The van der Waals surface area contributed by atoms with Gasteiger partial charge in [-0.3, -0.25) is 13.4 Å². The Morgan fingerprint density at radius 1 is 0.933 bits per heavy atom. The number of hydrogen-bond donors (Lipinski definition) is 3. The second kappa shape index (κ2) is 8.79. The highest BCUT2D eigenvalue weighted by Crippen LogP contribution is 2.59. The van der Waals surface area contributed by atoms with Gasteiger partial charge in [0.2, 0.25) is 0 Å². The van der Waals surface area contributed by atoms with Gasteiger partial charge in [-0.25, -0.2) is 0 Å². The van der Waals surface area contributed by atoms with Gasteiger partial charge in [0.05, 0.1) is 16.6 Å². The molecular weight excluding hydrogens is 396 g/mol. The van der Waals surface area contributed by atoms with E-state index in [0.717, 1.165) is 40.9 Å². The van der Waals surface area contributed by atoms with Gasteiger partial charge in [0.1, 0.15) is 0 Å². The van der Waals surface area contributed by atoms with Crippen LogP contribution in [0, 0.1) is 0 Å². The number of fused-ring (bicyclic) bond motifs is 2. The summed E-state index contributed by atoms with van der Waals surface area (Å²) in [5.74, 6) is 0. The molecule has 3 aromatic rings. The normalized spacial score (nSPS) is 18.3. The van der Waals surface area contributed by atoms with Gasteiger partial charge in [-0.1, -0.05) is 71.4 Å². The van der Waals surface area contributed by atoms with E-state index in [9.17, 15) is 9.11 Å². The van der Waals surface area contributed by atoms with Crippen LogP contribution < -0.4 is 9.62 Å². The van der Waals surface area contributed by atoms with E-state index in [1.165, 1.54) is 0 Å². The van der Waals surface area contributed by atoms with E-state index in [2.05, 4.69) is 17.4 Å². The van der Waals surface area contributed by atoms with Gasteiger partial charge in [0, 0.05) is 20.8 Å². The van der Waals surface area contributed by atoms with Gasteiger partial charge in [0.15, 0.2) is 0 Å². The zero-order valence-electron chi connectivity index (χ0n) is 17.3. The monoisotopic (exact) mass is 424 g/mol. The van der Waals surface area contributed by atoms with E-state index in [1.807, 2.05) is 60.7 Å². The molecule has 1 aliphatic rings. The fourth-order valence-corrected chi connectivity index (χ4v) is 5.50. The molecule has 1 atom stereocenters. The number of hydrogen-bond acceptors (Lipinski definition) is 5. The van der Waals surface area contributed by atoms with E-state index in [4.69, 9.17) is 4.74 Å². The lowest BCUT2D eigenvalue weighted by Gasteiger charge is -2.42. The van der Waals surface area contributed by atoms with Gasteiger partial charge in [-0.05, 0) is 47.4 Å². The lowest BCUT2D eigenvalue weighted by molar-refractivity contribution is 0.193. The van der Waals surface area contributed by atoms with Crippen molar-refractivity contribution < 1.29 is 13.8 Å². The Bertz CT molecular complexity index is 1010. The van der Waals surface area contributed by atoms with Crippen molar-refractivity contribution in [1.82, 2.24) is 5.32 Å². The Morgan fingerprint density at radius 3 is 2.43 bits per heavy atom. The standard InChI is InChI=1S/C24H28N2O3S/c1-26-22-12-7-6-11-20(22)24(25-15-8-16-29-2)21-14-13-19(17-23(21)30(26,27)28)18-9-4-3-5-10-18/h3-7,9-14,17,24-25,27-28H,8,15-16H2,1-2H3. The van der Waals surface area contributed by atoms with Gasteiger partial charge in [-0.15, -0.1) is 0 Å². The third kappa shape index (κ3) is 3.85. The third-order valence-corrected chi connectivity index (χ3v) is 7.47. The predicted octanol–water partition coefficient (Wildman–Crippen LogP) is 5.54. The SMILES string of the molecule is COCCCNC1c2ccccc2N(C)S(O)(O)c2cc(-c3ccccc3)ccc21. The van der Waals surface area contributed by atoms with Crippen LogP contribution in [0.3, 0.4) is 0 Å². The molecule has 1 aliphatic heterocycles. The molecule has 0 saturated heterocycles. The highest BCUT2D eigenvalue weighted by Gasteiger charge is 2.35. The first-order chi connectivity index (χ1) is 14.5. The Kier molecular flexibility index (Phi) is 6.13. The first kappa shape index (κ1) is 20.9. The van der Waals surface area contributed by atoms with Crippen LogP contribution in [0.5, 0.6) is 0 Å². The van der Waals surface area contributed by atoms with E-state index in [-0.39, 0.29) is 6.04 Å². The van der Waals surface area contributed by atoms with Gasteiger partial charge in [-0.2, -0.15) is 0 Å². The first-order valence-electron chi connectivity index (χ1n) is 10.1. The van der Waals surface area contributed by atoms with Crippen LogP contribution in [0.1, 0.15) is 23.6 Å². The molecule has 0 aliphatic carbocycles. The Labute approximate surface area is 179 Å². The molecule has 3 aromatic carbocycles. The molecule has 1 unspecified atom stereocenters. The maximum Gasteiger partial charge on any atom is 0.0861 e. The number of para-hydroxylation sites is 1. The number of methoxy groups -OCH3 is 1. The number of anilines is 1. The molecule has 0 fully saturated rings. The van der Waals surface area contributed by atoms with Crippen molar-refractivity contribution in [2.75, 3.05) is 31.6 Å². The summed E-state index contributed by atoms with van der Waals surface area (Å²) >= 11 is 0. The van der Waals surface area contributed by atoms with Crippen LogP contribution >= 0.6 is 10.8 Å². The molecule has 0 bridgehead atoms. The molecule has 6 heteroatoms. The number of benzene rings is 3. The zero-order valence-corrected chi connectivity index (χ0v) is 18.1. The average molecular weight is 425 g/mol. The Morgan fingerprint density at radius 2 is 1.67 bits per heavy atom. The highest BCUT2D eigenvalue weighted by molar-refractivity contribution is 8.25. The summed E-state index contributed by atoms with van der Waals surface area (Å²) in [7, 11) is 0.250. The van der Waals surface area contributed by atoms with Crippen molar-refractivity contribution in [2.24, 2.45) is 0 Å². The minimum absolute atomic E-state index is 0.144. The fourth-order valence-electron chi connectivity index (χ4n) is 3.97. The summed E-state index contributed by atoms with van der Waals surface area (Å²) in [6.45, 7) is 1.44. The molecule has 30 heavy (non-hydrogen) atoms. The quantitative estimate of drug-likeness (QED) is 0.453. The molecule has 5 nitrogen and oxygen atoms in total. The first-order valence-corrected chi connectivity index (χ1v) is 11.6. The minimum Gasteiger partial charge on any atom is -0.385 e. The van der Waals surface area contributed by atoms with E-state index >= 15 is 0 Å². The second-order valence-corrected chi connectivity index (χ2v) is 9.45. The van der Waals surface area contributed by atoms with Gasteiger partial charge >= 0.3 is 0 Å². The summed E-state index contributed by atoms with van der Waals surface area (Å²) in [5, 5.41) is 3.61. The van der Waals surface area contributed by atoms with Crippen LogP contribution in [-0.2, 0) is 4.74 Å². The van der Waals surface area contributed by atoms with Crippen molar-refractivity contribution in [3.05, 3.63) is 83.9 Å². The summed E-state index contributed by atoms with van der Waals surface area (Å²) in [5.41, 5.74) is 4.75. The Balaban J connectivity index is 1.85. The van der Waals surface area contributed by atoms with E-state index in [1.54, 1.807) is 18.5 Å². The lowest BCUT2D eigenvalue weighted by atomic mass is 9.94. The van der Waals surface area contributed by atoms with Crippen LogP contribution in [0.15, 0.2) is 77.7 Å². The van der Waals surface area contributed by atoms with Crippen molar-refractivity contribution >= 4 is 16.5 Å². The van der Waals surface area contributed by atoms with Crippen molar-refractivity contribution in [3.63, 3.8) is 0 Å². The molecule has 3 N–H and O–H groups in total. The van der Waals surface area contributed by atoms with Crippen molar-refractivity contribution in [3.8, 4) is 11.1 Å². The van der Waals surface area contributed by atoms with Crippen molar-refractivity contribution in [2.45, 2.75) is 17.4 Å². The summed E-state index contributed by atoms with van der Waals surface area (Å²) in [6, 6.07) is 23.8. The number of ether oxygens (including phenoxy) is 1. The summed E-state index contributed by atoms with van der Waals surface area (Å²) in [6.07, 6.45) is 0.874. The largest absolute Gasteiger partial charge is 0.385 e. The molecule has 4 rings (SSSR count). The number of nitrogens with zero attached hydrogens (tertiary/aromatic N) is 1. The fraction of sp³-hybridized carbons (Fsp3) is 0.250. The number of nitrogens with one attached hydrogen (secondary N) is 1. The average Bonchev–Trinajstić information content (AvgIpc) is 2.85. The molecular formula is C24H28N2O3S. The molecule has 158 valence electrons. The number of rotatable bonds is 6. The van der Waals surface area contributed by atoms with Crippen molar-refractivity contribution in [1.29, 1.82) is 0 Å². The molecule has 0 spiro atoms. The summed E-state index contributed by atoms with van der Waals surface area (Å²) < 4.78 is 29.5. The smallest absolute Gasteiger partial charge is 0.0861 e. The Hall–Kier alpha value is -2.35. The van der Waals surface area contributed by atoms with Gasteiger partial charge < -0.3 is 10.1 Å². The topological polar surface area (TPSA) is 65.0 Å². The molecule has 0 radical (unpaired) electrons. The van der Waals surface area contributed by atoms with Crippen LogP contribution in [0.4, 0.5) is 5.69 Å². The summed E-state index contributed by atoms with van der Waals surface area (Å²) in [4.78, 5) is 0.562. The van der Waals surface area contributed by atoms with Gasteiger partial charge in [0.25, 0.3) is 0 Å². The molecule has 0 saturated carbocycles.